The number of fused-ring (bicyclic) bond motifs is 3. The quantitative estimate of drug-likeness (QED) is 0.349. The number of piperidine rings is 1. The molecule has 2 aromatic heterocycles. The molecule has 1 amide bonds. The van der Waals surface area contributed by atoms with Gasteiger partial charge in [-0.15, -0.1) is 11.3 Å². The number of thiophene rings is 1. The van der Waals surface area contributed by atoms with Crippen molar-refractivity contribution in [3.05, 3.63) is 77.3 Å². The Morgan fingerprint density at radius 1 is 1.06 bits per heavy atom. The van der Waals surface area contributed by atoms with E-state index in [0.717, 1.165) is 45.8 Å². The number of hydrogen-bond donors (Lipinski definition) is 2. The number of amides is 1. The SMILES string of the molecule is Cn1c(C(=O)Nc2ccccc2COc2ccc(O[C@@H]3C[C@H]4CC[C@@H](C3)N4)cc2)cc2sccc21. The molecule has 2 aliphatic rings. The van der Waals surface area contributed by atoms with E-state index < -0.39 is 0 Å². The summed E-state index contributed by atoms with van der Waals surface area (Å²) in [6.07, 6.45) is 4.98. The molecule has 0 unspecified atom stereocenters. The Balaban J connectivity index is 1.08. The van der Waals surface area contributed by atoms with Gasteiger partial charge in [0.15, 0.2) is 0 Å². The molecule has 2 bridgehead atoms. The molecule has 2 aliphatic heterocycles. The average molecular weight is 488 g/mol. The van der Waals surface area contributed by atoms with Crippen molar-refractivity contribution in [1.29, 1.82) is 0 Å². The average Bonchev–Trinajstić information content (AvgIpc) is 3.55. The lowest BCUT2D eigenvalue weighted by atomic mass is 10.0. The van der Waals surface area contributed by atoms with Crippen LogP contribution < -0.4 is 20.1 Å². The van der Waals surface area contributed by atoms with Gasteiger partial charge in [-0.1, -0.05) is 18.2 Å². The summed E-state index contributed by atoms with van der Waals surface area (Å²) in [5.74, 6) is 1.53. The van der Waals surface area contributed by atoms with Gasteiger partial charge in [-0.25, -0.2) is 0 Å². The molecule has 2 aromatic carbocycles. The number of carbonyl (C=O) groups excluding carboxylic acids is 1. The fourth-order valence-electron chi connectivity index (χ4n) is 5.29. The number of hydrogen-bond acceptors (Lipinski definition) is 5. The molecule has 4 heterocycles. The first-order valence-electron chi connectivity index (χ1n) is 12.2. The van der Waals surface area contributed by atoms with E-state index in [2.05, 4.69) is 10.6 Å². The van der Waals surface area contributed by atoms with Gasteiger partial charge in [0.2, 0.25) is 0 Å². The second-order valence-corrected chi connectivity index (χ2v) is 10.4. The van der Waals surface area contributed by atoms with Crippen molar-refractivity contribution in [2.24, 2.45) is 7.05 Å². The summed E-state index contributed by atoms with van der Waals surface area (Å²) in [5, 5.41) is 8.75. The Labute approximate surface area is 208 Å². The number of aryl methyl sites for hydroxylation is 1. The zero-order valence-electron chi connectivity index (χ0n) is 19.7. The highest BCUT2D eigenvalue weighted by Crippen LogP contribution is 2.30. The van der Waals surface area contributed by atoms with E-state index in [9.17, 15) is 4.79 Å². The van der Waals surface area contributed by atoms with Gasteiger partial charge in [0, 0.05) is 30.4 Å². The second kappa shape index (κ2) is 9.40. The monoisotopic (exact) mass is 487 g/mol. The van der Waals surface area contributed by atoms with Gasteiger partial charge in [-0.05, 0) is 73.5 Å². The molecule has 7 heteroatoms. The molecule has 0 aliphatic carbocycles. The minimum Gasteiger partial charge on any atom is -0.490 e. The lowest BCUT2D eigenvalue weighted by Gasteiger charge is -2.29. The minimum absolute atomic E-state index is 0.129. The normalized spacial score (nSPS) is 21.2. The van der Waals surface area contributed by atoms with Crippen LogP contribution in [0.2, 0.25) is 0 Å². The minimum atomic E-state index is -0.129. The molecule has 0 radical (unpaired) electrons. The van der Waals surface area contributed by atoms with Crippen molar-refractivity contribution < 1.29 is 14.3 Å². The third-order valence-electron chi connectivity index (χ3n) is 7.11. The summed E-state index contributed by atoms with van der Waals surface area (Å²) in [5.41, 5.74) is 3.38. The van der Waals surface area contributed by atoms with Crippen molar-refractivity contribution in [3.8, 4) is 11.5 Å². The smallest absolute Gasteiger partial charge is 0.272 e. The van der Waals surface area contributed by atoms with Crippen LogP contribution in [0.4, 0.5) is 5.69 Å². The highest BCUT2D eigenvalue weighted by atomic mass is 32.1. The fraction of sp³-hybridized carbons (Fsp3) is 0.321. The van der Waals surface area contributed by atoms with E-state index in [-0.39, 0.29) is 12.0 Å². The molecule has 180 valence electrons. The third kappa shape index (κ3) is 4.66. The molecule has 2 saturated heterocycles. The molecule has 2 N–H and O–H groups in total. The van der Waals surface area contributed by atoms with E-state index in [0.29, 0.717) is 24.4 Å². The summed E-state index contributed by atoms with van der Waals surface area (Å²) in [6, 6.07) is 20.8. The number of para-hydroxylation sites is 1. The lowest BCUT2D eigenvalue weighted by Crippen LogP contribution is -2.42. The maximum Gasteiger partial charge on any atom is 0.272 e. The van der Waals surface area contributed by atoms with Crippen LogP contribution in [0.15, 0.2) is 66.0 Å². The number of aromatic nitrogens is 1. The molecule has 3 atom stereocenters. The van der Waals surface area contributed by atoms with Crippen LogP contribution in [-0.2, 0) is 13.7 Å². The summed E-state index contributed by atoms with van der Waals surface area (Å²) in [4.78, 5) is 13.0. The molecule has 6 rings (SSSR count). The van der Waals surface area contributed by atoms with E-state index in [1.807, 2.05) is 77.7 Å². The van der Waals surface area contributed by atoms with Crippen molar-refractivity contribution in [3.63, 3.8) is 0 Å². The van der Waals surface area contributed by atoms with Crippen LogP contribution in [0.3, 0.4) is 0 Å². The highest BCUT2D eigenvalue weighted by Gasteiger charge is 2.34. The van der Waals surface area contributed by atoms with Gasteiger partial charge in [-0.3, -0.25) is 4.79 Å². The number of nitrogens with one attached hydrogen (secondary N) is 2. The first-order chi connectivity index (χ1) is 17.1. The van der Waals surface area contributed by atoms with E-state index in [1.165, 1.54) is 12.8 Å². The van der Waals surface area contributed by atoms with E-state index in [1.54, 1.807) is 11.3 Å². The van der Waals surface area contributed by atoms with Crippen LogP contribution in [-0.4, -0.2) is 28.7 Å². The zero-order chi connectivity index (χ0) is 23.8. The summed E-state index contributed by atoms with van der Waals surface area (Å²) in [7, 11) is 1.92. The fourth-order valence-corrected chi connectivity index (χ4v) is 6.14. The molecular formula is C28H29N3O3S. The van der Waals surface area contributed by atoms with Crippen LogP contribution in [0.1, 0.15) is 41.7 Å². The Bertz CT molecular complexity index is 1330. The first-order valence-corrected chi connectivity index (χ1v) is 13.1. The van der Waals surface area contributed by atoms with Crippen molar-refractivity contribution in [2.45, 2.75) is 50.5 Å². The number of anilines is 1. The molecule has 0 spiro atoms. The van der Waals surface area contributed by atoms with E-state index >= 15 is 0 Å². The number of nitrogens with zero attached hydrogens (tertiary/aromatic N) is 1. The Morgan fingerprint density at radius 2 is 1.80 bits per heavy atom. The predicted molar refractivity (Wildman–Crippen MR) is 140 cm³/mol. The molecule has 0 saturated carbocycles. The van der Waals surface area contributed by atoms with Crippen molar-refractivity contribution in [1.82, 2.24) is 9.88 Å². The molecule has 6 nitrogen and oxygen atoms in total. The largest absolute Gasteiger partial charge is 0.490 e. The molecular weight excluding hydrogens is 458 g/mol. The van der Waals surface area contributed by atoms with Gasteiger partial charge in [0.05, 0.1) is 10.2 Å². The Hall–Kier alpha value is -3.29. The van der Waals surface area contributed by atoms with Gasteiger partial charge in [0.1, 0.15) is 29.9 Å². The van der Waals surface area contributed by atoms with Crippen LogP contribution in [0.25, 0.3) is 10.2 Å². The first kappa shape index (κ1) is 22.2. The standard InChI is InChI=1S/C28H29N3O3S/c1-31-25-12-13-35-27(25)16-26(31)28(32)30-24-5-3-2-4-18(24)17-33-21-8-10-22(11-9-21)34-23-14-19-6-7-20(15-23)29-19/h2-5,8-13,16,19-20,23,29H,6-7,14-15,17H2,1H3,(H,30,32)/t19-,20+,23-. The Kier molecular flexibility index (Phi) is 5.96. The van der Waals surface area contributed by atoms with Crippen molar-refractivity contribution in [2.75, 3.05) is 5.32 Å². The third-order valence-corrected chi connectivity index (χ3v) is 7.97. The van der Waals surface area contributed by atoms with Crippen LogP contribution in [0.5, 0.6) is 11.5 Å². The number of rotatable bonds is 7. The molecule has 4 aromatic rings. The van der Waals surface area contributed by atoms with Gasteiger partial charge in [-0.2, -0.15) is 0 Å². The zero-order valence-corrected chi connectivity index (χ0v) is 20.5. The van der Waals surface area contributed by atoms with Gasteiger partial charge < -0.3 is 24.7 Å². The maximum absolute atomic E-state index is 13.0. The second-order valence-electron chi connectivity index (χ2n) is 9.48. The highest BCUT2D eigenvalue weighted by molar-refractivity contribution is 7.17. The summed E-state index contributed by atoms with van der Waals surface area (Å²) >= 11 is 1.64. The number of carbonyl (C=O) groups is 1. The molecule has 35 heavy (non-hydrogen) atoms. The van der Waals surface area contributed by atoms with Gasteiger partial charge in [0.25, 0.3) is 5.91 Å². The predicted octanol–water partition coefficient (Wildman–Crippen LogP) is 5.73. The number of benzene rings is 2. The summed E-state index contributed by atoms with van der Waals surface area (Å²) in [6.45, 7) is 0.358. The lowest BCUT2D eigenvalue weighted by molar-refractivity contribution is 0.101. The van der Waals surface area contributed by atoms with Gasteiger partial charge >= 0.3 is 0 Å². The summed E-state index contributed by atoms with van der Waals surface area (Å²) < 4.78 is 15.3. The van der Waals surface area contributed by atoms with Crippen LogP contribution >= 0.6 is 11.3 Å². The van der Waals surface area contributed by atoms with E-state index in [4.69, 9.17) is 9.47 Å². The van der Waals surface area contributed by atoms with Crippen molar-refractivity contribution >= 4 is 33.1 Å². The number of ether oxygens (including phenoxy) is 2. The molecule has 2 fully saturated rings. The topological polar surface area (TPSA) is 64.5 Å². The maximum atomic E-state index is 13.0. The van der Waals surface area contributed by atoms with Crippen LogP contribution in [0, 0.1) is 0 Å². The Morgan fingerprint density at radius 3 is 2.57 bits per heavy atom.